The maximum atomic E-state index is 5.46. The van der Waals surface area contributed by atoms with Gasteiger partial charge in [-0.25, -0.2) is 19.6 Å². The van der Waals surface area contributed by atoms with Crippen LogP contribution in [0.2, 0.25) is 0 Å². The average molecular weight is 430 g/mol. The first-order valence-corrected chi connectivity index (χ1v) is 10.5. The van der Waals surface area contributed by atoms with Gasteiger partial charge in [0.25, 0.3) is 0 Å². The minimum Gasteiger partial charge on any atom is -0.379 e. The molecule has 0 aromatic carbocycles. The molecule has 0 bridgehead atoms. The molecule has 1 aliphatic rings. The molecule has 0 N–H and O–H groups in total. The molecule has 0 aliphatic carbocycles. The van der Waals surface area contributed by atoms with E-state index in [4.69, 9.17) is 9.72 Å². The first-order chi connectivity index (χ1) is 15.7. The molecular weight excluding hydrogens is 408 g/mol. The molecule has 5 aromatic heterocycles. The number of fused-ring (bicyclic) bond motifs is 2. The summed E-state index contributed by atoms with van der Waals surface area (Å²) in [4.78, 5) is 16.1. The predicted molar refractivity (Wildman–Crippen MR) is 116 cm³/mol. The van der Waals surface area contributed by atoms with Gasteiger partial charge in [-0.3, -0.25) is 9.58 Å². The molecule has 0 amide bonds. The van der Waals surface area contributed by atoms with Crippen molar-refractivity contribution in [1.29, 1.82) is 0 Å². The Labute approximate surface area is 183 Å². The fraction of sp³-hybridized carbons (Fsp3) is 0.333. The zero-order valence-electron chi connectivity index (χ0n) is 17.7. The second kappa shape index (κ2) is 7.77. The fourth-order valence-electron chi connectivity index (χ4n) is 4.00. The van der Waals surface area contributed by atoms with Gasteiger partial charge in [0, 0.05) is 44.6 Å². The molecule has 1 aliphatic heterocycles. The molecular formula is C21H22N10O. The normalized spacial score (nSPS) is 15.2. The standard InChI is InChI=1S/C21H22N10O/c1-28-13-16(8-24-28)18-10-23-20-21(25-18)31(27-26-20)12-15-2-3-19-22-9-17(30(19)11-15)14-29-4-6-32-7-5-29/h2-3,8-11,13H,4-7,12,14H2,1H3. The number of nitrogens with zero attached hydrogens (tertiary/aromatic N) is 10. The summed E-state index contributed by atoms with van der Waals surface area (Å²) in [6, 6.07) is 4.09. The van der Waals surface area contributed by atoms with Crippen molar-refractivity contribution in [2.75, 3.05) is 26.3 Å². The van der Waals surface area contributed by atoms with Gasteiger partial charge >= 0.3 is 0 Å². The summed E-state index contributed by atoms with van der Waals surface area (Å²) < 4.78 is 11.1. The number of pyridine rings is 1. The Morgan fingerprint density at radius 2 is 1.91 bits per heavy atom. The Hall–Kier alpha value is -3.70. The molecule has 1 saturated heterocycles. The third kappa shape index (κ3) is 3.51. The average Bonchev–Trinajstić information content (AvgIpc) is 3.54. The summed E-state index contributed by atoms with van der Waals surface area (Å²) in [5.74, 6) is 0. The molecule has 0 spiro atoms. The summed E-state index contributed by atoms with van der Waals surface area (Å²) in [5, 5.41) is 12.7. The molecule has 6 rings (SSSR count). The highest BCUT2D eigenvalue weighted by molar-refractivity contribution is 5.69. The lowest BCUT2D eigenvalue weighted by Crippen LogP contribution is -2.35. The van der Waals surface area contributed by atoms with Gasteiger partial charge in [0.1, 0.15) is 5.65 Å². The van der Waals surface area contributed by atoms with Crippen LogP contribution >= 0.6 is 0 Å². The van der Waals surface area contributed by atoms with Crippen LogP contribution in [-0.4, -0.2) is 75.3 Å². The molecule has 0 radical (unpaired) electrons. The van der Waals surface area contributed by atoms with Gasteiger partial charge in [-0.2, -0.15) is 5.10 Å². The first kappa shape index (κ1) is 19.0. The fourth-order valence-corrected chi connectivity index (χ4v) is 4.00. The van der Waals surface area contributed by atoms with Crippen molar-refractivity contribution in [3.8, 4) is 11.3 Å². The number of hydrogen-bond acceptors (Lipinski definition) is 8. The summed E-state index contributed by atoms with van der Waals surface area (Å²) >= 11 is 0. The van der Waals surface area contributed by atoms with Gasteiger partial charge in [0.05, 0.1) is 49.7 Å². The number of hydrogen-bond donors (Lipinski definition) is 0. The van der Waals surface area contributed by atoms with Crippen LogP contribution in [0.25, 0.3) is 28.2 Å². The minimum absolute atomic E-state index is 0.523. The molecule has 0 unspecified atom stereocenters. The van der Waals surface area contributed by atoms with Crippen LogP contribution in [0.5, 0.6) is 0 Å². The van der Waals surface area contributed by atoms with Crippen molar-refractivity contribution in [1.82, 2.24) is 49.0 Å². The zero-order chi connectivity index (χ0) is 21.5. The largest absolute Gasteiger partial charge is 0.379 e. The van der Waals surface area contributed by atoms with E-state index in [-0.39, 0.29) is 0 Å². The lowest BCUT2D eigenvalue weighted by Gasteiger charge is -2.26. The van der Waals surface area contributed by atoms with Gasteiger partial charge in [-0.15, -0.1) is 5.10 Å². The van der Waals surface area contributed by atoms with Crippen molar-refractivity contribution in [3.05, 3.63) is 54.4 Å². The maximum Gasteiger partial charge on any atom is 0.221 e. The van der Waals surface area contributed by atoms with E-state index < -0.39 is 0 Å². The van der Waals surface area contributed by atoms with E-state index in [1.165, 1.54) is 0 Å². The van der Waals surface area contributed by atoms with Crippen LogP contribution in [0.1, 0.15) is 11.3 Å². The SMILES string of the molecule is Cn1cc(-c2cnc3nnn(Cc4ccc5ncc(CN6CCOCC6)n5c4)c3n2)cn1. The van der Waals surface area contributed by atoms with Gasteiger partial charge in [-0.1, -0.05) is 11.3 Å². The Balaban J connectivity index is 1.30. The van der Waals surface area contributed by atoms with E-state index in [1.807, 2.05) is 25.5 Å². The number of aromatic nitrogens is 9. The van der Waals surface area contributed by atoms with Crippen LogP contribution in [0, 0.1) is 0 Å². The highest BCUT2D eigenvalue weighted by Crippen LogP contribution is 2.18. The van der Waals surface area contributed by atoms with Crippen molar-refractivity contribution in [3.63, 3.8) is 0 Å². The molecule has 0 atom stereocenters. The molecule has 6 heterocycles. The van der Waals surface area contributed by atoms with E-state index >= 15 is 0 Å². The predicted octanol–water partition coefficient (Wildman–Crippen LogP) is 1.15. The highest BCUT2D eigenvalue weighted by Gasteiger charge is 2.15. The Bertz CT molecular complexity index is 1390. The lowest BCUT2D eigenvalue weighted by molar-refractivity contribution is 0.0335. The van der Waals surface area contributed by atoms with Gasteiger partial charge in [0.15, 0.2) is 5.65 Å². The summed E-state index contributed by atoms with van der Waals surface area (Å²) in [6.45, 7) is 4.82. The first-order valence-electron chi connectivity index (χ1n) is 10.5. The van der Waals surface area contributed by atoms with E-state index in [0.717, 1.165) is 61.0 Å². The lowest BCUT2D eigenvalue weighted by atomic mass is 10.2. The van der Waals surface area contributed by atoms with Gasteiger partial charge in [-0.05, 0) is 11.6 Å². The molecule has 0 saturated carbocycles. The number of aryl methyl sites for hydroxylation is 1. The topological polar surface area (TPSA) is 104 Å². The van der Waals surface area contributed by atoms with E-state index in [1.54, 1.807) is 21.8 Å². The summed E-state index contributed by atoms with van der Waals surface area (Å²) in [5.41, 5.74) is 5.98. The second-order valence-electron chi connectivity index (χ2n) is 7.96. The van der Waals surface area contributed by atoms with Gasteiger partial charge in [0.2, 0.25) is 5.65 Å². The number of imidazole rings is 1. The molecule has 32 heavy (non-hydrogen) atoms. The third-order valence-corrected chi connectivity index (χ3v) is 5.69. The molecule has 162 valence electrons. The molecule has 11 heteroatoms. The van der Waals surface area contributed by atoms with Crippen LogP contribution in [-0.2, 0) is 24.9 Å². The second-order valence-corrected chi connectivity index (χ2v) is 7.96. The van der Waals surface area contributed by atoms with Crippen molar-refractivity contribution < 1.29 is 4.74 Å². The van der Waals surface area contributed by atoms with Crippen molar-refractivity contribution in [2.24, 2.45) is 7.05 Å². The summed E-state index contributed by atoms with van der Waals surface area (Å²) in [7, 11) is 1.88. The van der Waals surface area contributed by atoms with E-state index in [9.17, 15) is 0 Å². The zero-order valence-corrected chi connectivity index (χ0v) is 17.7. The van der Waals surface area contributed by atoms with Crippen LogP contribution in [0.3, 0.4) is 0 Å². The number of morpholine rings is 1. The Morgan fingerprint density at radius 3 is 2.75 bits per heavy atom. The molecule has 1 fully saturated rings. The minimum atomic E-state index is 0.523. The van der Waals surface area contributed by atoms with Gasteiger partial charge < -0.3 is 9.14 Å². The third-order valence-electron chi connectivity index (χ3n) is 5.69. The number of ether oxygens (including phenoxy) is 1. The smallest absolute Gasteiger partial charge is 0.221 e. The Morgan fingerprint density at radius 1 is 1.00 bits per heavy atom. The monoisotopic (exact) mass is 430 g/mol. The van der Waals surface area contributed by atoms with Crippen molar-refractivity contribution in [2.45, 2.75) is 13.1 Å². The number of rotatable bonds is 5. The van der Waals surface area contributed by atoms with E-state index in [2.05, 4.69) is 46.9 Å². The van der Waals surface area contributed by atoms with E-state index in [0.29, 0.717) is 17.8 Å². The molecule has 11 nitrogen and oxygen atoms in total. The van der Waals surface area contributed by atoms with Crippen LogP contribution in [0.4, 0.5) is 0 Å². The highest BCUT2D eigenvalue weighted by atomic mass is 16.5. The van der Waals surface area contributed by atoms with Crippen LogP contribution in [0.15, 0.2) is 43.1 Å². The quantitative estimate of drug-likeness (QED) is 0.409. The summed E-state index contributed by atoms with van der Waals surface area (Å²) in [6.07, 6.45) is 9.45. The maximum absolute atomic E-state index is 5.46. The van der Waals surface area contributed by atoms with Crippen LogP contribution < -0.4 is 0 Å². The Kier molecular flexibility index (Phi) is 4.62. The molecule has 5 aromatic rings. The van der Waals surface area contributed by atoms with Crippen molar-refractivity contribution >= 4 is 16.9 Å².